The van der Waals surface area contributed by atoms with Crippen molar-refractivity contribution in [2.45, 2.75) is 98.7 Å². The van der Waals surface area contributed by atoms with Gasteiger partial charge in [0.25, 0.3) is 0 Å². The maximum atomic E-state index is 10.3. The van der Waals surface area contributed by atoms with Gasteiger partial charge in [0.2, 0.25) is 0 Å². The van der Waals surface area contributed by atoms with Crippen LogP contribution in [0.15, 0.2) is 72.8 Å². The highest BCUT2D eigenvalue weighted by Gasteiger charge is 2.49. The second kappa shape index (κ2) is 15.5. The van der Waals surface area contributed by atoms with Gasteiger partial charge in [-0.1, -0.05) is 0 Å². The molecule has 5 heterocycles. The van der Waals surface area contributed by atoms with E-state index in [2.05, 4.69) is 82.8 Å². The van der Waals surface area contributed by atoms with Gasteiger partial charge in [-0.05, 0) is 213 Å². The number of rotatable bonds is 0. The Morgan fingerprint density at radius 3 is 0.700 bits per heavy atom. The van der Waals surface area contributed by atoms with E-state index < -0.39 is 0 Å². The molecule has 14 aliphatic rings. The normalized spacial score (nSPS) is 23.4. The third-order valence-electron chi connectivity index (χ3n) is 20.2. The lowest BCUT2D eigenvalue weighted by molar-refractivity contribution is 0.527. The lowest BCUT2D eigenvalue weighted by atomic mass is 9.62. The molecule has 8 atom stereocenters. The van der Waals surface area contributed by atoms with E-state index >= 15 is 0 Å². The fraction of sp³-hybridized carbons (Fsp3) is 0.235. The number of nitrogens with zero attached hydrogens (tertiary/aromatic N) is 10. The number of nitriles is 8. The number of allylic oxidation sites excluding steroid dienone is 4. The van der Waals surface area contributed by atoms with E-state index in [4.69, 9.17) is 9.97 Å². The van der Waals surface area contributed by atoms with Gasteiger partial charge in [-0.15, -0.1) is 0 Å². The van der Waals surface area contributed by atoms with Crippen LogP contribution in [0.1, 0.15) is 233 Å². The first-order valence-electron chi connectivity index (χ1n) is 27.5. The van der Waals surface area contributed by atoms with Crippen LogP contribution in [0.2, 0.25) is 0 Å². The molecule has 12 heteroatoms. The van der Waals surface area contributed by atoms with Gasteiger partial charge >= 0.3 is 0 Å². The lowest BCUT2D eigenvalue weighted by Crippen LogP contribution is -2.24. The Balaban J connectivity index is 1.01. The molecular weight excluding hydrogens is 985 g/mol. The van der Waals surface area contributed by atoms with Gasteiger partial charge in [0.05, 0.1) is 67.3 Å². The second-order valence-corrected chi connectivity index (χ2v) is 23.3. The molecule has 2 N–H and O–H groups in total. The number of H-pyrrole nitrogens is 2. The summed E-state index contributed by atoms with van der Waals surface area (Å²) in [4.78, 5) is 19.5. The number of nitrogens with one attached hydrogen (secondary N) is 2. The number of benzene rings is 4. The molecule has 4 aromatic carbocycles. The lowest BCUT2D eigenvalue weighted by Gasteiger charge is -2.40. The molecule has 370 valence electrons. The van der Waals surface area contributed by atoms with Crippen LogP contribution in [0.4, 0.5) is 0 Å². The summed E-state index contributed by atoms with van der Waals surface area (Å²) in [6.45, 7) is 0. The van der Waals surface area contributed by atoms with Crippen molar-refractivity contribution >= 4 is 44.4 Å². The van der Waals surface area contributed by atoms with Crippen LogP contribution in [-0.4, -0.2) is 19.9 Å². The van der Waals surface area contributed by atoms with Crippen LogP contribution in [-0.2, 0) is 0 Å². The van der Waals surface area contributed by atoms with E-state index in [-0.39, 0.29) is 47.3 Å². The highest BCUT2D eigenvalue weighted by Crippen LogP contribution is 2.64. The fourth-order valence-electron chi connectivity index (χ4n) is 17.3. The van der Waals surface area contributed by atoms with Crippen LogP contribution in [0.5, 0.6) is 0 Å². The Labute approximate surface area is 458 Å². The predicted octanol–water partition coefficient (Wildman–Crippen LogP) is 13.2. The average molecular weight is 1020 g/mol. The van der Waals surface area contributed by atoms with Crippen LogP contribution in [0.25, 0.3) is 44.4 Å². The summed E-state index contributed by atoms with van der Waals surface area (Å²) in [6.07, 6.45) is 6.83. The average Bonchev–Trinajstić information content (AvgIpc) is 4.42. The Morgan fingerprint density at radius 2 is 0.463 bits per heavy atom. The minimum atomic E-state index is -0.0971. The zero-order valence-corrected chi connectivity index (χ0v) is 42.7. The number of hydrogen-bond donors (Lipinski definition) is 2. The molecule has 0 spiro atoms. The summed E-state index contributed by atoms with van der Waals surface area (Å²) >= 11 is 0. The number of aromatic nitrogens is 4. The van der Waals surface area contributed by atoms with Crippen LogP contribution >= 0.6 is 0 Å². The summed E-state index contributed by atoms with van der Waals surface area (Å²) in [5.41, 5.74) is 27.6. The predicted molar refractivity (Wildman–Crippen MR) is 293 cm³/mol. The van der Waals surface area contributed by atoms with Crippen molar-refractivity contribution < 1.29 is 0 Å². The first-order valence-corrected chi connectivity index (χ1v) is 27.5. The molecule has 80 heavy (non-hydrogen) atoms. The standard InChI is InChI=1S/C68H38N12/c69-21-29-9-45-37-1-2-38(46(45)10-30(29)22-70)62-54-18-56-64-40-5-6-42(50-14-34(26-74)32(24-72)12-48(40)50)66(64)58(79-56)20-60-68-44-8-7-43(51-15-35(27-75)36(28-76)16-52(44)51)67(68)59(80-60)19-57-65-41-4-3-39(47-11-31(23-71)33(25-73)13-49(41)47)63(65)55(78-57)17-53(77-54)61(37)62/h9-20,37-44,77-78H,1-8H2. The van der Waals surface area contributed by atoms with Crippen LogP contribution in [0, 0.1) is 90.6 Å². The van der Waals surface area contributed by atoms with Crippen LogP contribution < -0.4 is 0 Å². The van der Waals surface area contributed by atoms with Gasteiger partial charge in [0.15, 0.2) is 0 Å². The van der Waals surface area contributed by atoms with Gasteiger partial charge in [-0.2, -0.15) is 42.1 Å². The molecule has 12 aliphatic carbocycles. The quantitative estimate of drug-likeness (QED) is 0.145. The first-order chi connectivity index (χ1) is 39.3. The molecule has 8 unspecified atom stereocenters. The molecule has 12 nitrogen and oxygen atoms in total. The summed E-state index contributed by atoms with van der Waals surface area (Å²) in [7, 11) is 0. The van der Waals surface area contributed by atoms with Crippen molar-refractivity contribution in [1.82, 2.24) is 19.9 Å². The monoisotopic (exact) mass is 1020 g/mol. The van der Waals surface area contributed by atoms with Crippen molar-refractivity contribution in [1.29, 1.82) is 42.1 Å². The molecule has 2 aliphatic heterocycles. The Morgan fingerprint density at radius 1 is 0.263 bits per heavy atom. The van der Waals surface area contributed by atoms with Crippen molar-refractivity contribution in [3.05, 3.63) is 207 Å². The van der Waals surface area contributed by atoms with Crippen LogP contribution in [0.3, 0.4) is 0 Å². The molecule has 0 saturated heterocycles. The van der Waals surface area contributed by atoms with E-state index in [1.807, 2.05) is 48.5 Å². The Kier molecular flexibility index (Phi) is 8.65. The van der Waals surface area contributed by atoms with E-state index in [0.717, 1.165) is 174 Å². The minimum absolute atomic E-state index is 0.0672. The first kappa shape index (κ1) is 44.5. The van der Waals surface area contributed by atoms with E-state index in [9.17, 15) is 42.1 Å². The Bertz CT molecular complexity index is 4600. The number of fused-ring (bicyclic) bond motifs is 12. The maximum Gasteiger partial charge on any atom is 0.101 e. The largest absolute Gasteiger partial charge is 0.355 e. The van der Waals surface area contributed by atoms with Crippen molar-refractivity contribution in [2.75, 3.05) is 0 Å². The topological polar surface area (TPSA) is 248 Å². The van der Waals surface area contributed by atoms with Gasteiger partial charge in [0, 0.05) is 69.4 Å². The third-order valence-corrected chi connectivity index (χ3v) is 20.2. The van der Waals surface area contributed by atoms with E-state index in [1.54, 1.807) is 0 Å². The number of aromatic amines is 2. The van der Waals surface area contributed by atoms with Crippen molar-refractivity contribution in [3.8, 4) is 48.6 Å². The van der Waals surface area contributed by atoms with Gasteiger partial charge in [0.1, 0.15) is 48.6 Å². The summed E-state index contributed by atoms with van der Waals surface area (Å²) < 4.78 is 0. The minimum Gasteiger partial charge on any atom is -0.355 e. The zero-order chi connectivity index (χ0) is 53.7. The number of hydrogen-bond acceptors (Lipinski definition) is 10. The molecule has 7 aromatic rings. The summed E-state index contributed by atoms with van der Waals surface area (Å²) in [6, 6.07) is 42.9. The van der Waals surface area contributed by atoms with Crippen molar-refractivity contribution in [3.63, 3.8) is 0 Å². The maximum absolute atomic E-state index is 10.3. The van der Waals surface area contributed by atoms with Gasteiger partial charge < -0.3 is 9.97 Å². The summed E-state index contributed by atoms with van der Waals surface area (Å²) in [5, 5.41) is 82.7. The fourth-order valence-corrected chi connectivity index (χ4v) is 17.3. The molecule has 0 saturated carbocycles. The SMILES string of the molecule is N#Cc1cc2c(cc1C#N)C1CCC2C2=C1c1cc3[nH]c(cc4[nH]c(cc5nc(cc2n1)C1=C5C2CCC1c1cc(C#N)c(C#N)cc12)c1c4C2CCC1c1cc(C#N)c(C#N)cc12)c1c3C2CCC1c1cc(C#N)c(C#N)cc12. The molecular formula is C68H38N12. The smallest absolute Gasteiger partial charge is 0.101 e. The second-order valence-electron chi connectivity index (χ2n) is 23.3. The molecule has 0 fully saturated rings. The van der Waals surface area contributed by atoms with Gasteiger partial charge in [-0.25, -0.2) is 9.97 Å². The molecule has 21 rings (SSSR count). The molecule has 16 bridgehead atoms. The Hall–Kier alpha value is -10.6. The van der Waals surface area contributed by atoms with Gasteiger partial charge in [-0.3, -0.25) is 0 Å². The molecule has 0 amide bonds. The zero-order valence-electron chi connectivity index (χ0n) is 42.7. The van der Waals surface area contributed by atoms with E-state index in [1.165, 1.54) is 11.1 Å². The highest BCUT2D eigenvalue weighted by atomic mass is 14.8. The molecule has 0 radical (unpaired) electrons. The van der Waals surface area contributed by atoms with E-state index in [0.29, 0.717) is 44.5 Å². The third kappa shape index (κ3) is 5.45. The highest BCUT2D eigenvalue weighted by molar-refractivity contribution is 6.05. The summed E-state index contributed by atoms with van der Waals surface area (Å²) in [5.74, 6) is -0.657. The van der Waals surface area contributed by atoms with Crippen molar-refractivity contribution in [2.24, 2.45) is 0 Å². The molecule has 3 aromatic heterocycles.